The summed E-state index contributed by atoms with van der Waals surface area (Å²) in [5, 5.41) is 13.2. The first kappa shape index (κ1) is 34.2. The van der Waals surface area contributed by atoms with Crippen molar-refractivity contribution >= 4 is 17.5 Å². The van der Waals surface area contributed by atoms with Gasteiger partial charge in [0.15, 0.2) is 11.5 Å². The van der Waals surface area contributed by atoms with E-state index in [4.69, 9.17) is 18.9 Å². The molecule has 0 aliphatic carbocycles. The molecule has 252 valence electrons. The van der Waals surface area contributed by atoms with Crippen molar-refractivity contribution in [1.82, 2.24) is 9.80 Å². The molecule has 2 aliphatic rings. The van der Waals surface area contributed by atoms with Crippen LogP contribution in [0.1, 0.15) is 66.3 Å². The number of anilines is 1. The number of nitrogens with zero attached hydrogens (tertiary/aromatic N) is 2. The molecule has 0 bridgehead atoms. The number of carbonyl (C=O) groups excluding carboxylic acids is 2. The van der Waals surface area contributed by atoms with Gasteiger partial charge in [-0.25, -0.2) is 0 Å². The second-order valence-corrected chi connectivity index (χ2v) is 12.7. The molecular formula is C37H47N3O7. The zero-order chi connectivity index (χ0) is 33.3. The molecule has 0 saturated heterocycles. The minimum Gasteiger partial charge on any atom is -0.490 e. The molecule has 0 radical (unpaired) electrons. The molecule has 0 fully saturated rings. The van der Waals surface area contributed by atoms with Gasteiger partial charge in [0.25, 0.3) is 11.8 Å². The fourth-order valence-corrected chi connectivity index (χ4v) is 5.98. The van der Waals surface area contributed by atoms with Crippen LogP contribution in [-0.2, 0) is 11.3 Å². The van der Waals surface area contributed by atoms with Crippen LogP contribution in [0.4, 0.5) is 5.69 Å². The average molecular weight is 646 g/mol. The second-order valence-electron chi connectivity index (χ2n) is 12.7. The fraction of sp³-hybridized carbons (Fsp3) is 0.459. The first-order chi connectivity index (χ1) is 22.7. The highest BCUT2D eigenvalue weighted by molar-refractivity contribution is 6.05. The molecule has 3 aromatic carbocycles. The maximum absolute atomic E-state index is 14.4. The SMILES string of the molecule is C[C@@H]1CN([C@H](C)CO)C(=O)c2cc(NC(=O)c3ccccc3)ccc2O[C@@H](C)CCCCO[C@H]1CN(C)Cc1ccc2c(c1)OCO2. The van der Waals surface area contributed by atoms with E-state index in [-0.39, 0.29) is 43.3 Å². The highest BCUT2D eigenvalue weighted by Gasteiger charge is 2.30. The summed E-state index contributed by atoms with van der Waals surface area (Å²) in [5.74, 6) is 1.37. The van der Waals surface area contributed by atoms with Crippen LogP contribution in [0.2, 0.25) is 0 Å². The van der Waals surface area contributed by atoms with Crippen molar-refractivity contribution in [3.63, 3.8) is 0 Å². The first-order valence-corrected chi connectivity index (χ1v) is 16.5. The maximum Gasteiger partial charge on any atom is 0.258 e. The average Bonchev–Trinajstić information content (AvgIpc) is 3.54. The zero-order valence-electron chi connectivity index (χ0n) is 27.8. The summed E-state index contributed by atoms with van der Waals surface area (Å²) in [6, 6.07) is 19.6. The van der Waals surface area contributed by atoms with Crippen LogP contribution in [0.3, 0.4) is 0 Å². The third kappa shape index (κ3) is 9.03. The second kappa shape index (κ2) is 16.1. The minimum absolute atomic E-state index is 0.0562. The van der Waals surface area contributed by atoms with Gasteiger partial charge in [-0.2, -0.15) is 0 Å². The van der Waals surface area contributed by atoms with Crippen molar-refractivity contribution in [1.29, 1.82) is 0 Å². The summed E-state index contributed by atoms with van der Waals surface area (Å²) in [7, 11) is 2.06. The van der Waals surface area contributed by atoms with Crippen molar-refractivity contribution < 1.29 is 33.6 Å². The van der Waals surface area contributed by atoms with Crippen molar-refractivity contribution in [3.05, 3.63) is 83.4 Å². The number of fused-ring (bicyclic) bond motifs is 2. The number of likely N-dealkylation sites (N-methyl/N-ethyl adjacent to an activating group) is 1. The maximum atomic E-state index is 14.4. The van der Waals surface area contributed by atoms with E-state index in [0.29, 0.717) is 48.8 Å². The molecule has 4 atom stereocenters. The Labute approximate surface area is 277 Å². The van der Waals surface area contributed by atoms with Gasteiger partial charge in [-0.1, -0.05) is 31.2 Å². The van der Waals surface area contributed by atoms with Gasteiger partial charge < -0.3 is 34.3 Å². The van der Waals surface area contributed by atoms with E-state index < -0.39 is 6.04 Å². The van der Waals surface area contributed by atoms with Crippen molar-refractivity contribution in [2.24, 2.45) is 5.92 Å². The lowest BCUT2D eigenvalue weighted by Gasteiger charge is -2.36. The Balaban J connectivity index is 1.38. The molecule has 2 N–H and O–H groups in total. The lowest BCUT2D eigenvalue weighted by Crippen LogP contribution is -2.47. The predicted octanol–water partition coefficient (Wildman–Crippen LogP) is 5.60. The molecule has 2 amide bonds. The normalized spacial score (nSPS) is 21.0. The fourth-order valence-electron chi connectivity index (χ4n) is 5.98. The van der Waals surface area contributed by atoms with Crippen molar-refractivity contribution in [3.8, 4) is 17.2 Å². The quantitative estimate of drug-likeness (QED) is 0.326. The van der Waals surface area contributed by atoms with Gasteiger partial charge >= 0.3 is 0 Å². The Morgan fingerprint density at radius 2 is 1.79 bits per heavy atom. The number of hydrogen-bond acceptors (Lipinski definition) is 8. The topological polar surface area (TPSA) is 110 Å². The van der Waals surface area contributed by atoms with E-state index in [9.17, 15) is 14.7 Å². The van der Waals surface area contributed by atoms with E-state index >= 15 is 0 Å². The molecule has 0 unspecified atom stereocenters. The molecule has 47 heavy (non-hydrogen) atoms. The number of amides is 2. The summed E-state index contributed by atoms with van der Waals surface area (Å²) in [6.45, 7) is 8.26. The van der Waals surface area contributed by atoms with Crippen LogP contribution in [0.25, 0.3) is 0 Å². The first-order valence-electron chi connectivity index (χ1n) is 16.5. The summed E-state index contributed by atoms with van der Waals surface area (Å²) in [4.78, 5) is 31.2. The lowest BCUT2D eigenvalue weighted by molar-refractivity contribution is -0.0177. The summed E-state index contributed by atoms with van der Waals surface area (Å²) < 4.78 is 23.9. The van der Waals surface area contributed by atoms with Crippen molar-refractivity contribution in [2.45, 2.75) is 64.8 Å². The van der Waals surface area contributed by atoms with E-state index in [1.54, 1.807) is 47.4 Å². The molecule has 3 aromatic rings. The monoisotopic (exact) mass is 645 g/mol. The number of benzene rings is 3. The van der Waals surface area contributed by atoms with E-state index in [0.717, 1.165) is 36.3 Å². The van der Waals surface area contributed by atoms with Gasteiger partial charge in [0.2, 0.25) is 6.79 Å². The van der Waals surface area contributed by atoms with Gasteiger partial charge in [0.1, 0.15) is 5.75 Å². The van der Waals surface area contributed by atoms with Gasteiger partial charge in [-0.15, -0.1) is 0 Å². The Bertz CT molecular complexity index is 1500. The standard InChI is InChI=1S/C37H47N3O7/c1-25-20-40(26(2)23-41)37(43)31-19-30(38-36(42)29-11-6-5-7-12-29)14-16-32(31)47-27(3)10-8-9-17-44-35(25)22-39(4)21-28-13-15-33-34(18-28)46-24-45-33/h5-7,11-16,18-19,25-27,35,41H,8-10,17,20-24H2,1-4H3,(H,38,42)/t25-,26-,27+,35+/m1/s1. The van der Waals surface area contributed by atoms with Crippen molar-refractivity contribution in [2.75, 3.05) is 45.5 Å². The summed E-state index contributed by atoms with van der Waals surface area (Å²) >= 11 is 0. The molecule has 2 aliphatic heterocycles. The number of carbonyl (C=O) groups is 2. The Morgan fingerprint density at radius 3 is 2.57 bits per heavy atom. The third-order valence-corrected chi connectivity index (χ3v) is 8.73. The molecular weight excluding hydrogens is 598 g/mol. The molecule has 10 nitrogen and oxygen atoms in total. The van der Waals surface area contributed by atoms with E-state index in [1.165, 1.54) is 0 Å². The van der Waals surface area contributed by atoms with Crippen LogP contribution >= 0.6 is 0 Å². The zero-order valence-corrected chi connectivity index (χ0v) is 27.8. The van der Waals surface area contributed by atoms with Gasteiger partial charge in [-0.05, 0) is 88.2 Å². The Hall–Kier alpha value is -4.12. The smallest absolute Gasteiger partial charge is 0.258 e. The molecule has 5 rings (SSSR count). The van der Waals surface area contributed by atoms with E-state index in [1.807, 2.05) is 38.1 Å². The van der Waals surface area contributed by atoms with Gasteiger partial charge in [0.05, 0.1) is 30.4 Å². The van der Waals surface area contributed by atoms with Gasteiger partial charge in [0, 0.05) is 43.4 Å². The number of ether oxygens (including phenoxy) is 4. The number of rotatable bonds is 8. The summed E-state index contributed by atoms with van der Waals surface area (Å²) in [5.41, 5.74) is 2.45. The highest BCUT2D eigenvalue weighted by atomic mass is 16.7. The van der Waals surface area contributed by atoms with Gasteiger partial charge in [-0.3, -0.25) is 14.5 Å². The molecule has 0 saturated carbocycles. The lowest BCUT2D eigenvalue weighted by atomic mass is 10.0. The molecule has 0 spiro atoms. The largest absolute Gasteiger partial charge is 0.490 e. The van der Waals surface area contributed by atoms with Crippen LogP contribution in [-0.4, -0.2) is 85.1 Å². The predicted molar refractivity (Wildman–Crippen MR) is 180 cm³/mol. The number of nitrogens with one attached hydrogen (secondary N) is 1. The third-order valence-electron chi connectivity index (χ3n) is 8.73. The molecule has 2 heterocycles. The van der Waals surface area contributed by atoms with Crippen LogP contribution in [0.15, 0.2) is 66.7 Å². The Kier molecular flexibility index (Phi) is 11.7. The number of hydrogen-bond donors (Lipinski definition) is 2. The molecule has 0 aromatic heterocycles. The highest BCUT2D eigenvalue weighted by Crippen LogP contribution is 2.33. The molecule has 10 heteroatoms. The minimum atomic E-state index is -0.460. The van der Waals surface area contributed by atoms with Crippen LogP contribution < -0.4 is 19.5 Å². The number of aliphatic hydroxyl groups excluding tert-OH is 1. The summed E-state index contributed by atoms with van der Waals surface area (Å²) in [6.07, 6.45) is 2.29. The van der Waals surface area contributed by atoms with E-state index in [2.05, 4.69) is 24.2 Å². The van der Waals surface area contributed by atoms with Crippen LogP contribution in [0, 0.1) is 5.92 Å². The Morgan fingerprint density at radius 1 is 1.02 bits per heavy atom. The van der Waals surface area contributed by atoms with Crippen LogP contribution in [0.5, 0.6) is 17.2 Å². The number of aliphatic hydroxyl groups is 1.